The van der Waals surface area contributed by atoms with Crippen LogP contribution in [0, 0.1) is 6.92 Å². The minimum atomic E-state index is -0.657. The molecule has 1 aliphatic carbocycles. The third-order valence-corrected chi connectivity index (χ3v) is 4.65. The average Bonchev–Trinajstić information content (AvgIpc) is 3.29. The first-order valence-corrected chi connectivity index (χ1v) is 9.15. The van der Waals surface area contributed by atoms with E-state index < -0.39 is 24.5 Å². The van der Waals surface area contributed by atoms with Gasteiger partial charge in [-0.2, -0.15) is 0 Å². The molecule has 0 saturated heterocycles. The van der Waals surface area contributed by atoms with Crippen LogP contribution in [-0.4, -0.2) is 35.5 Å². The molecule has 1 fully saturated rings. The molecule has 0 bridgehead atoms. The van der Waals surface area contributed by atoms with Gasteiger partial charge in [0.1, 0.15) is 5.01 Å². The maximum absolute atomic E-state index is 11.8. The van der Waals surface area contributed by atoms with Gasteiger partial charge < -0.3 is 10.1 Å². The van der Waals surface area contributed by atoms with Gasteiger partial charge in [0.2, 0.25) is 0 Å². The molecule has 3 rings (SSSR count). The fourth-order valence-corrected chi connectivity index (χ4v) is 3.00. The average molecular weight is 373 g/mol. The van der Waals surface area contributed by atoms with Crippen molar-refractivity contribution >= 4 is 29.2 Å². The van der Waals surface area contributed by atoms with Crippen LogP contribution in [-0.2, 0) is 20.7 Å². The van der Waals surface area contributed by atoms with E-state index in [1.54, 1.807) is 5.38 Å². The molecule has 1 aliphatic rings. The number of imide groups is 1. The Kier molecular flexibility index (Phi) is 5.62. The molecule has 0 unspecified atom stereocenters. The number of rotatable bonds is 6. The zero-order valence-corrected chi connectivity index (χ0v) is 15.1. The zero-order valence-electron chi connectivity index (χ0n) is 14.3. The summed E-state index contributed by atoms with van der Waals surface area (Å²) in [6.07, 6.45) is 1.83. The summed E-state index contributed by atoms with van der Waals surface area (Å²) in [4.78, 5) is 39.2. The van der Waals surface area contributed by atoms with Crippen molar-refractivity contribution in [3.63, 3.8) is 0 Å². The molecular weight excluding hydrogens is 354 g/mol. The van der Waals surface area contributed by atoms with Crippen molar-refractivity contribution in [2.75, 3.05) is 6.61 Å². The number of amides is 3. The van der Waals surface area contributed by atoms with E-state index in [1.165, 1.54) is 11.3 Å². The van der Waals surface area contributed by atoms with Crippen LogP contribution < -0.4 is 10.6 Å². The number of nitrogens with one attached hydrogen (secondary N) is 2. The highest BCUT2D eigenvalue weighted by Gasteiger charge is 2.24. The first kappa shape index (κ1) is 18.1. The fraction of sp³-hybridized carbons (Fsp3) is 0.333. The maximum atomic E-state index is 11.8. The Morgan fingerprint density at radius 2 is 1.96 bits per heavy atom. The molecule has 1 aromatic heterocycles. The van der Waals surface area contributed by atoms with Gasteiger partial charge in [0, 0.05) is 17.0 Å². The monoisotopic (exact) mass is 373 g/mol. The van der Waals surface area contributed by atoms with E-state index in [9.17, 15) is 14.4 Å². The highest BCUT2D eigenvalue weighted by Crippen LogP contribution is 2.24. The molecule has 26 heavy (non-hydrogen) atoms. The van der Waals surface area contributed by atoms with Crippen LogP contribution in [0.4, 0.5) is 4.79 Å². The molecule has 136 valence electrons. The Bertz CT molecular complexity index is 812. The Balaban J connectivity index is 1.43. The highest BCUT2D eigenvalue weighted by atomic mass is 32.1. The van der Waals surface area contributed by atoms with Crippen LogP contribution in [0.25, 0.3) is 10.6 Å². The summed E-state index contributed by atoms with van der Waals surface area (Å²) in [5.41, 5.74) is 2.74. The van der Waals surface area contributed by atoms with Crippen molar-refractivity contribution in [2.45, 2.75) is 32.2 Å². The third-order valence-electron chi connectivity index (χ3n) is 3.71. The Hall–Kier alpha value is -2.74. The van der Waals surface area contributed by atoms with Gasteiger partial charge in [0.05, 0.1) is 12.1 Å². The van der Waals surface area contributed by atoms with Crippen LogP contribution in [0.1, 0.15) is 24.1 Å². The van der Waals surface area contributed by atoms with E-state index in [2.05, 4.69) is 15.6 Å². The number of hydrogen-bond acceptors (Lipinski definition) is 6. The van der Waals surface area contributed by atoms with Gasteiger partial charge in [-0.25, -0.2) is 9.78 Å². The number of thiazole rings is 1. The number of carbonyl (C=O) groups excluding carboxylic acids is 3. The lowest BCUT2D eigenvalue weighted by molar-refractivity contribution is -0.147. The quantitative estimate of drug-likeness (QED) is 0.757. The minimum Gasteiger partial charge on any atom is -0.455 e. The SMILES string of the molecule is Cc1ccc(-c2nc(CC(=O)OCC(=O)NC(=O)NC3CC3)cs2)cc1. The van der Waals surface area contributed by atoms with E-state index >= 15 is 0 Å². The second kappa shape index (κ2) is 8.09. The number of urea groups is 1. The zero-order chi connectivity index (χ0) is 18.5. The lowest BCUT2D eigenvalue weighted by Crippen LogP contribution is -2.42. The number of esters is 1. The van der Waals surface area contributed by atoms with E-state index in [-0.39, 0.29) is 12.5 Å². The third kappa shape index (κ3) is 5.38. The topological polar surface area (TPSA) is 97.4 Å². The first-order chi connectivity index (χ1) is 12.5. The predicted molar refractivity (Wildman–Crippen MR) is 96.6 cm³/mol. The second-order valence-corrected chi connectivity index (χ2v) is 7.00. The summed E-state index contributed by atoms with van der Waals surface area (Å²) in [6, 6.07) is 7.56. The Morgan fingerprint density at radius 3 is 2.65 bits per heavy atom. The van der Waals surface area contributed by atoms with Crippen molar-refractivity contribution in [3.05, 3.63) is 40.9 Å². The predicted octanol–water partition coefficient (Wildman–Crippen LogP) is 2.19. The van der Waals surface area contributed by atoms with E-state index in [4.69, 9.17) is 4.74 Å². The molecule has 2 aromatic rings. The number of nitrogens with zero attached hydrogens (tertiary/aromatic N) is 1. The smallest absolute Gasteiger partial charge is 0.321 e. The van der Waals surface area contributed by atoms with Gasteiger partial charge in [-0.15, -0.1) is 11.3 Å². The summed E-state index contributed by atoms with van der Waals surface area (Å²) in [7, 11) is 0. The highest BCUT2D eigenvalue weighted by molar-refractivity contribution is 7.13. The minimum absolute atomic E-state index is 0.0239. The van der Waals surface area contributed by atoms with E-state index in [1.807, 2.05) is 31.2 Å². The van der Waals surface area contributed by atoms with Gasteiger partial charge in [0.25, 0.3) is 5.91 Å². The van der Waals surface area contributed by atoms with E-state index in [0.717, 1.165) is 29.0 Å². The van der Waals surface area contributed by atoms with Gasteiger partial charge in [-0.3, -0.25) is 14.9 Å². The van der Waals surface area contributed by atoms with Gasteiger partial charge in [-0.05, 0) is 19.8 Å². The number of carbonyl (C=O) groups is 3. The molecule has 1 aromatic carbocycles. The molecule has 0 spiro atoms. The van der Waals surface area contributed by atoms with Gasteiger partial charge >= 0.3 is 12.0 Å². The molecular formula is C18H19N3O4S. The maximum Gasteiger partial charge on any atom is 0.321 e. The number of aromatic nitrogens is 1. The van der Waals surface area contributed by atoms with Crippen molar-refractivity contribution in [2.24, 2.45) is 0 Å². The number of aryl methyl sites for hydroxylation is 1. The second-order valence-electron chi connectivity index (χ2n) is 6.14. The Morgan fingerprint density at radius 1 is 1.23 bits per heavy atom. The summed E-state index contributed by atoms with van der Waals surface area (Å²) in [6.45, 7) is 1.52. The van der Waals surface area contributed by atoms with Crippen molar-refractivity contribution in [3.8, 4) is 10.6 Å². The van der Waals surface area contributed by atoms with Crippen LogP contribution >= 0.6 is 11.3 Å². The number of benzene rings is 1. The first-order valence-electron chi connectivity index (χ1n) is 8.27. The molecule has 1 heterocycles. The molecule has 1 saturated carbocycles. The van der Waals surface area contributed by atoms with Gasteiger partial charge in [-0.1, -0.05) is 29.8 Å². The van der Waals surface area contributed by atoms with Gasteiger partial charge in [0.15, 0.2) is 6.61 Å². The van der Waals surface area contributed by atoms with Crippen LogP contribution in [0.3, 0.4) is 0 Å². The van der Waals surface area contributed by atoms with Crippen LogP contribution in [0.2, 0.25) is 0 Å². The molecule has 8 heteroatoms. The number of ether oxygens (including phenoxy) is 1. The van der Waals surface area contributed by atoms with Crippen molar-refractivity contribution in [1.29, 1.82) is 0 Å². The van der Waals surface area contributed by atoms with Crippen LogP contribution in [0.5, 0.6) is 0 Å². The largest absolute Gasteiger partial charge is 0.455 e. The lowest BCUT2D eigenvalue weighted by atomic mass is 10.2. The number of hydrogen-bond donors (Lipinski definition) is 2. The molecule has 0 radical (unpaired) electrons. The van der Waals surface area contributed by atoms with Crippen molar-refractivity contribution in [1.82, 2.24) is 15.6 Å². The molecule has 7 nitrogen and oxygen atoms in total. The van der Waals surface area contributed by atoms with E-state index in [0.29, 0.717) is 5.69 Å². The summed E-state index contributed by atoms with van der Waals surface area (Å²) in [5.74, 6) is -1.22. The fourth-order valence-electron chi connectivity index (χ4n) is 2.17. The summed E-state index contributed by atoms with van der Waals surface area (Å²) < 4.78 is 4.89. The molecule has 0 atom stereocenters. The normalized spacial score (nSPS) is 13.1. The van der Waals surface area contributed by atoms with Crippen molar-refractivity contribution < 1.29 is 19.1 Å². The summed E-state index contributed by atoms with van der Waals surface area (Å²) in [5, 5.41) is 7.35. The lowest BCUT2D eigenvalue weighted by Gasteiger charge is -2.06. The molecule has 3 amide bonds. The van der Waals surface area contributed by atoms with Crippen LogP contribution in [0.15, 0.2) is 29.6 Å². The molecule has 0 aliphatic heterocycles. The molecule has 2 N–H and O–H groups in total. The standard InChI is InChI=1S/C18H19N3O4S/c1-11-2-4-12(5-3-11)17-19-14(10-26-17)8-16(23)25-9-15(22)21-18(24)20-13-6-7-13/h2-5,10,13H,6-9H2,1H3,(H2,20,21,22,24). The summed E-state index contributed by atoms with van der Waals surface area (Å²) >= 11 is 1.44. The Labute approximate surface area is 154 Å².